The van der Waals surface area contributed by atoms with Crippen LogP contribution in [0.1, 0.15) is 22.4 Å². The van der Waals surface area contributed by atoms with Crippen LogP contribution in [0.15, 0.2) is 55.1 Å². The van der Waals surface area contributed by atoms with Crippen LogP contribution < -0.4 is 5.32 Å². The maximum Gasteiger partial charge on any atom is 0.161 e. The molecule has 0 saturated carbocycles. The Balaban J connectivity index is 1.87. The minimum absolute atomic E-state index is 0.0304. The number of pyridine rings is 1. The van der Waals surface area contributed by atoms with E-state index in [-0.39, 0.29) is 11.5 Å². The van der Waals surface area contributed by atoms with Gasteiger partial charge in [-0.25, -0.2) is 0 Å². The van der Waals surface area contributed by atoms with Gasteiger partial charge in [0.05, 0.1) is 5.52 Å². The molecule has 1 aliphatic rings. The van der Waals surface area contributed by atoms with E-state index in [2.05, 4.69) is 33.3 Å². The Morgan fingerprint density at radius 3 is 2.75 bits per heavy atom. The molecule has 0 radical (unpaired) electrons. The molecular formula is C23H25N2O2P. The highest BCUT2D eigenvalue weighted by molar-refractivity contribution is 7.18. The fraction of sp³-hybridized carbons (Fsp3) is 0.261. The summed E-state index contributed by atoms with van der Waals surface area (Å²) in [7, 11) is 2.93. The summed E-state index contributed by atoms with van der Waals surface area (Å²) >= 11 is 0. The van der Waals surface area contributed by atoms with Crippen molar-refractivity contribution in [1.29, 1.82) is 0 Å². The van der Waals surface area contributed by atoms with Crippen LogP contribution in [0, 0.1) is 0 Å². The smallest absolute Gasteiger partial charge is 0.161 e. The molecule has 1 heterocycles. The molecule has 0 fully saturated rings. The molecule has 0 bridgehead atoms. The minimum atomic E-state index is -0.494. The van der Waals surface area contributed by atoms with Crippen molar-refractivity contribution in [2.45, 2.75) is 24.4 Å². The van der Waals surface area contributed by atoms with E-state index in [4.69, 9.17) is 4.98 Å². The first kappa shape index (κ1) is 18.9. The van der Waals surface area contributed by atoms with E-state index in [0.717, 1.165) is 40.6 Å². The summed E-state index contributed by atoms with van der Waals surface area (Å²) in [5, 5.41) is 25.0. The molecule has 2 aromatic carbocycles. The van der Waals surface area contributed by atoms with Crippen molar-refractivity contribution in [2.75, 3.05) is 13.1 Å². The maximum atomic E-state index is 10.7. The molecule has 1 aromatic heterocycles. The molecule has 4 nitrogen and oxygen atoms in total. The molecule has 2 atom stereocenters. The summed E-state index contributed by atoms with van der Waals surface area (Å²) in [6.07, 6.45) is 4.10. The van der Waals surface area contributed by atoms with Crippen LogP contribution in [0.25, 0.3) is 10.9 Å². The average molecular weight is 392 g/mol. The van der Waals surface area contributed by atoms with Gasteiger partial charge in [-0.2, -0.15) is 0 Å². The van der Waals surface area contributed by atoms with Crippen molar-refractivity contribution in [3.63, 3.8) is 0 Å². The lowest BCUT2D eigenvalue weighted by Crippen LogP contribution is -2.37. The number of nitrogens with zero attached hydrogens (tertiary/aromatic N) is 1. The Morgan fingerprint density at radius 2 is 1.93 bits per heavy atom. The van der Waals surface area contributed by atoms with Gasteiger partial charge >= 0.3 is 0 Å². The molecule has 0 spiro atoms. The van der Waals surface area contributed by atoms with Crippen molar-refractivity contribution in [3.05, 3.63) is 77.5 Å². The van der Waals surface area contributed by atoms with E-state index in [1.807, 2.05) is 30.3 Å². The van der Waals surface area contributed by atoms with E-state index < -0.39 is 5.16 Å². The van der Waals surface area contributed by atoms with Crippen LogP contribution in [0.4, 0.5) is 0 Å². The Kier molecular flexibility index (Phi) is 5.09. The first-order valence-electron chi connectivity index (χ1n) is 9.54. The molecule has 2 unspecified atom stereocenters. The van der Waals surface area contributed by atoms with Gasteiger partial charge in [0.25, 0.3) is 0 Å². The zero-order valence-electron chi connectivity index (χ0n) is 15.8. The molecule has 0 amide bonds. The molecule has 5 heteroatoms. The summed E-state index contributed by atoms with van der Waals surface area (Å²) in [6.45, 7) is 5.06. The van der Waals surface area contributed by atoms with Crippen molar-refractivity contribution < 1.29 is 10.2 Å². The number of aromatic hydroxyl groups is 2. The molecule has 3 N–H and O–H groups in total. The number of aryl methyl sites for hydroxylation is 2. The molecule has 1 aliphatic carbocycles. The highest BCUT2D eigenvalue weighted by atomic mass is 31.0. The first-order chi connectivity index (χ1) is 13.5. The second kappa shape index (κ2) is 7.54. The van der Waals surface area contributed by atoms with Crippen LogP contribution >= 0.6 is 9.24 Å². The summed E-state index contributed by atoms with van der Waals surface area (Å²) in [5.74, 6) is -0.112. The third kappa shape index (κ3) is 3.39. The topological polar surface area (TPSA) is 65.4 Å². The monoisotopic (exact) mass is 392 g/mol. The number of phenolic OH excluding ortho intramolecular Hbond substituents is 2. The van der Waals surface area contributed by atoms with E-state index in [1.54, 1.807) is 6.07 Å². The van der Waals surface area contributed by atoms with E-state index in [9.17, 15) is 10.2 Å². The van der Waals surface area contributed by atoms with Crippen LogP contribution in [-0.4, -0.2) is 28.3 Å². The van der Waals surface area contributed by atoms with Gasteiger partial charge in [0.1, 0.15) is 0 Å². The summed E-state index contributed by atoms with van der Waals surface area (Å²) in [5.41, 5.74) is 5.11. The number of phenols is 2. The minimum Gasteiger partial charge on any atom is -0.504 e. The highest BCUT2D eigenvalue weighted by Crippen LogP contribution is 2.47. The predicted molar refractivity (Wildman–Crippen MR) is 117 cm³/mol. The normalized spacial score (nSPS) is 18.8. The molecule has 3 aromatic rings. The second-order valence-corrected chi connectivity index (χ2v) is 8.61. The summed E-state index contributed by atoms with van der Waals surface area (Å²) in [6, 6.07) is 13.9. The Morgan fingerprint density at radius 1 is 1.14 bits per heavy atom. The van der Waals surface area contributed by atoms with Crippen LogP contribution in [0.2, 0.25) is 0 Å². The number of para-hydroxylation sites is 1. The molecular weight excluding hydrogens is 367 g/mol. The Labute approximate surface area is 167 Å². The third-order valence-corrected chi connectivity index (χ3v) is 6.21. The van der Waals surface area contributed by atoms with E-state index in [0.29, 0.717) is 19.5 Å². The lowest BCUT2D eigenvalue weighted by Gasteiger charge is -2.35. The number of benzene rings is 2. The quantitative estimate of drug-likeness (QED) is 0.273. The third-order valence-electron chi connectivity index (χ3n) is 5.51. The zero-order chi connectivity index (χ0) is 19.7. The van der Waals surface area contributed by atoms with Crippen molar-refractivity contribution in [2.24, 2.45) is 0 Å². The predicted octanol–water partition coefficient (Wildman–Crippen LogP) is 3.83. The highest BCUT2D eigenvalue weighted by Gasteiger charge is 2.36. The number of nitrogens with one attached hydrogen (secondary N) is 1. The molecule has 0 aliphatic heterocycles. The standard InChI is InChI=1S/C23H25N2O2P/c1-2-11-24-14-23(28)13-19-17(12-16-5-3-4-6-18(16)25-19)8-7-15-9-10-20(26)22(27)21(15)23/h2-6,9-10,12,24,26-27H,1,7-8,11,13-14,28H2. The maximum absolute atomic E-state index is 10.7. The summed E-state index contributed by atoms with van der Waals surface area (Å²) in [4.78, 5) is 4.96. The number of hydrogen-bond donors (Lipinski definition) is 3. The van der Waals surface area contributed by atoms with E-state index >= 15 is 0 Å². The Bertz CT molecular complexity index is 1050. The number of fused-ring (bicyclic) bond motifs is 3. The van der Waals surface area contributed by atoms with Gasteiger partial charge in [0, 0.05) is 41.3 Å². The van der Waals surface area contributed by atoms with Gasteiger partial charge in [-0.1, -0.05) is 30.3 Å². The van der Waals surface area contributed by atoms with Gasteiger partial charge in [-0.05, 0) is 42.2 Å². The number of hydrogen-bond acceptors (Lipinski definition) is 4. The average Bonchev–Trinajstić information content (AvgIpc) is 2.68. The van der Waals surface area contributed by atoms with Crippen LogP contribution in [-0.2, 0) is 24.4 Å². The van der Waals surface area contributed by atoms with Crippen molar-refractivity contribution >= 4 is 20.1 Å². The molecule has 4 rings (SSSR count). The fourth-order valence-corrected chi connectivity index (χ4v) is 4.82. The van der Waals surface area contributed by atoms with Gasteiger partial charge in [-0.3, -0.25) is 4.98 Å². The first-order valence-corrected chi connectivity index (χ1v) is 10.1. The van der Waals surface area contributed by atoms with Crippen LogP contribution in [0.3, 0.4) is 0 Å². The van der Waals surface area contributed by atoms with Gasteiger partial charge in [-0.15, -0.1) is 15.8 Å². The second-order valence-electron chi connectivity index (χ2n) is 7.51. The van der Waals surface area contributed by atoms with Gasteiger partial charge in [0.2, 0.25) is 0 Å². The fourth-order valence-electron chi connectivity index (χ4n) is 4.16. The largest absolute Gasteiger partial charge is 0.504 e. The number of aromatic nitrogens is 1. The lowest BCUT2D eigenvalue weighted by molar-refractivity contribution is 0.388. The molecule has 144 valence electrons. The summed E-state index contributed by atoms with van der Waals surface area (Å²) < 4.78 is 0. The van der Waals surface area contributed by atoms with Gasteiger partial charge < -0.3 is 15.5 Å². The number of rotatable bonds is 4. The Hall–Kier alpha value is -2.42. The van der Waals surface area contributed by atoms with Gasteiger partial charge in [0.15, 0.2) is 11.5 Å². The van der Waals surface area contributed by atoms with E-state index in [1.165, 1.54) is 5.56 Å². The molecule has 0 saturated heterocycles. The zero-order valence-corrected chi connectivity index (χ0v) is 16.9. The van der Waals surface area contributed by atoms with Crippen LogP contribution in [0.5, 0.6) is 11.5 Å². The lowest BCUT2D eigenvalue weighted by atomic mass is 9.82. The van der Waals surface area contributed by atoms with Crippen molar-refractivity contribution in [1.82, 2.24) is 10.3 Å². The van der Waals surface area contributed by atoms with Crippen molar-refractivity contribution in [3.8, 4) is 11.5 Å². The molecule has 28 heavy (non-hydrogen) atoms. The SMILES string of the molecule is C=CCNCC1(P)Cc2nc3ccccc3cc2CCc2ccc(O)c(O)c21.